The van der Waals surface area contributed by atoms with Crippen molar-refractivity contribution in [1.82, 2.24) is 9.55 Å². The zero-order valence-electron chi connectivity index (χ0n) is 9.86. The summed E-state index contributed by atoms with van der Waals surface area (Å²) >= 11 is 6.78. The third-order valence-corrected chi connectivity index (χ3v) is 3.87. The number of rotatable bonds is 4. The van der Waals surface area contributed by atoms with Crippen molar-refractivity contribution in [2.75, 3.05) is 0 Å². The molecule has 18 heavy (non-hydrogen) atoms. The molecule has 0 amide bonds. The smallest absolute Gasteiger partial charge is 0.171 e. The minimum absolute atomic E-state index is 0.0593. The highest BCUT2D eigenvalue weighted by molar-refractivity contribution is 9.11. The van der Waals surface area contributed by atoms with Gasteiger partial charge in [0, 0.05) is 33.4 Å². The van der Waals surface area contributed by atoms with E-state index in [1.165, 1.54) is 0 Å². The van der Waals surface area contributed by atoms with Gasteiger partial charge in [0.1, 0.15) is 5.82 Å². The van der Waals surface area contributed by atoms with Crippen LogP contribution in [0.15, 0.2) is 39.5 Å². The first-order valence-corrected chi connectivity index (χ1v) is 7.18. The number of aromatic nitrogens is 2. The van der Waals surface area contributed by atoms with Crippen molar-refractivity contribution in [2.45, 2.75) is 19.9 Å². The third kappa shape index (κ3) is 2.90. The zero-order chi connectivity index (χ0) is 13.1. The van der Waals surface area contributed by atoms with Gasteiger partial charge in [0.2, 0.25) is 0 Å². The number of Topliss-reactive ketones (excluding diaryl/α,β-unsaturated/α-hetero) is 1. The lowest BCUT2D eigenvalue weighted by atomic mass is 10.1. The molecule has 0 aliphatic rings. The van der Waals surface area contributed by atoms with Crippen molar-refractivity contribution >= 4 is 37.6 Å². The van der Waals surface area contributed by atoms with Crippen molar-refractivity contribution in [3.8, 4) is 0 Å². The molecule has 0 saturated heterocycles. The van der Waals surface area contributed by atoms with Gasteiger partial charge in [-0.3, -0.25) is 4.79 Å². The maximum absolute atomic E-state index is 12.2. The van der Waals surface area contributed by atoms with Crippen LogP contribution in [-0.4, -0.2) is 15.3 Å². The topological polar surface area (TPSA) is 34.9 Å². The maximum atomic E-state index is 12.2. The van der Waals surface area contributed by atoms with Gasteiger partial charge in [-0.2, -0.15) is 0 Å². The van der Waals surface area contributed by atoms with E-state index < -0.39 is 0 Å². The van der Waals surface area contributed by atoms with E-state index >= 15 is 0 Å². The highest BCUT2D eigenvalue weighted by Gasteiger charge is 2.14. The van der Waals surface area contributed by atoms with E-state index in [0.29, 0.717) is 12.0 Å². The van der Waals surface area contributed by atoms with E-state index in [2.05, 4.69) is 36.8 Å². The number of imidazole rings is 1. The summed E-state index contributed by atoms with van der Waals surface area (Å²) in [4.78, 5) is 16.5. The molecule has 0 aliphatic heterocycles. The standard InChI is InChI=1S/C13H12Br2N2O/c1-2-17-6-5-16-13(17)8-12(18)10-7-9(14)3-4-11(10)15/h3-7H,2,8H2,1H3. The Balaban J connectivity index is 2.25. The molecule has 94 valence electrons. The number of halogens is 2. The molecular formula is C13H12Br2N2O. The molecule has 0 aliphatic carbocycles. The molecule has 0 spiro atoms. The second kappa shape index (κ2) is 5.80. The Kier molecular flexibility index (Phi) is 4.35. The average molecular weight is 372 g/mol. The second-order valence-electron chi connectivity index (χ2n) is 3.85. The minimum Gasteiger partial charge on any atom is -0.335 e. The molecule has 1 aromatic carbocycles. The molecule has 0 fully saturated rings. The Labute approximate surface area is 122 Å². The summed E-state index contributed by atoms with van der Waals surface area (Å²) in [6.07, 6.45) is 3.93. The first-order chi connectivity index (χ1) is 8.61. The summed E-state index contributed by atoms with van der Waals surface area (Å²) in [6.45, 7) is 2.85. The monoisotopic (exact) mass is 370 g/mol. The largest absolute Gasteiger partial charge is 0.335 e. The van der Waals surface area contributed by atoms with Crippen molar-refractivity contribution in [3.63, 3.8) is 0 Å². The van der Waals surface area contributed by atoms with Gasteiger partial charge in [0.25, 0.3) is 0 Å². The van der Waals surface area contributed by atoms with Gasteiger partial charge in [-0.05, 0) is 25.1 Å². The van der Waals surface area contributed by atoms with Crippen molar-refractivity contribution in [3.05, 3.63) is 50.9 Å². The quantitative estimate of drug-likeness (QED) is 0.765. The molecular weight excluding hydrogens is 360 g/mol. The van der Waals surface area contributed by atoms with Crippen LogP contribution in [0.5, 0.6) is 0 Å². The van der Waals surface area contributed by atoms with E-state index in [4.69, 9.17) is 0 Å². The van der Waals surface area contributed by atoms with Gasteiger partial charge in [-0.25, -0.2) is 4.98 Å². The number of hydrogen-bond donors (Lipinski definition) is 0. The van der Waals surface area contributed by atoms with Crippen LogP contribution in [0.2, 0.25) is 0 Å². The number of benzene rings is 1. The molecule has 0 unspecified atom stereocenters. The lowest BCUT2D eigenvalue weighted by Gasteiger charge is -2.06. The molecule has 0 atom stereocenters. The van der Waals surface area contributed by atoms with E-state index in [-0.39, 0.29) is 5.78 Å². The fourth-order valence-corrected chi connectivity index (χ4v) is 2.57. The number of nitrogens with zero attached hydrogens (tertiary/aromatic N) is 2. The van der Waals surface area contributed by atoms with Crippen LogP contribution in [0.1, 0.15) is 23.1 Å². The summed E-state index contributed by atoms with van der Waals surface area (Å²) in [5, 5.41) is 0. The maximum Gasteiger partial charge on any atom is 0.171 e. The lowest BCUT2D eigenvalue weighted by molar-refractivity contribution is 0.0989. The van der Waals surface area contributed by atoms with E-state index in [9.17, 15) is 4.79 Å². The SMILES string of the molecule is CCn1ccnc1CC(=O)c1cc(Br)ccc1Br. The van der Waals surface area contributed by atoms with Gasteiger partial charge in [0.05, 0.1) is 6.42 Å². The van der Waals surface area contributed by atoms with Gasteiger partial charge >= 0.3 is 0 Å². The highest BCUT2D eigenvalue weighted by Crippen LogP contribution is 2.22. The lowest BCUT2D eigenvalue weighted by Crippen LogP contribution is -2.10. The summed E-state index contributed by atoms with van der Waals surface area (Å²) in [6, 6.07) is 5.59. The number of carbonyl (C=O) groups is 1. The summed E-state index contributed by atoms with van der Waals surface area (Å²) in [7, 11) is 0. The van der Waals surface area contributed by atoms with Crippen LogP contribution >= 0.6 is 31.9 Å². The van der Waals surface area contributed by atoms with Gasteiger partial charge < -0.3 is 4.57 Å². The predicted molar refractivity (Wildman–Crippen MR) is 77.8 cm³/mol. The molecule has 0 saturated carbocycles. The Morgan fingerprint density at radius 2 is 2.17 bits per heavy atom. The fourth-order valence-electron chi connectivity index (χ4n) is 1.75. The number of aryl methyl sites for hydroxylation is 1. The Hall–Kier alpha value is -0.940. The van der Waals surface area contributed by atoms with E-state index in [0.717, 1.165) is 21.3 Å². The number of carbonyl (C=O) groups excluding carboxylic acids is 1. The van der Waals surface area contributed by atoms with E-state index in [1.807, 2.05) is 35.9 Å². The molecule has 0 radical (unpaired) electrons. The average Bonchev–Trinajstić information content (AvgIpc) is 2.79. The van der Waals surface area contributed by atoms with Crippen molar-refractivity contribution in [1.29, 1.82) is 0 Å². The van der Waals surface area contributed by atoms with Gasteiger partial charge in [0.15, 0.2) is 5.78 Å². The molecule has 2 rings (SSSR count). The molecule has 1 aromatic heterocycles. The van der Waals surface area contributed by atoms with Crippen LogP contribution in [0.4, 0.5) is 0 Å². The first kappa shape index (κ1) is 13.5. The third-order valence-electron chi connectivity index (χ3n) is 2.69. The Morgan fingerprint density at radius 1 is 1.39 bits per heavy atom. The zero-order valence-corrected chi connectivity index (χ0v) is 13.0. The molecule has 3 nitrogen and oxygen atoms in total. The molecule has 0 N–H and O–H groups in total. The molecule has 1 heterocycles. The Morgan fingerprint density at radius 3 is 2.89 bits per heavy atom. The molecule has 2 aromatic rings. The fraction of sp³-hybridized carbons (Fsp3) is 0.231. The van der Waals surface area contributed by atoms with Crippen LogP contribution in [0.25, 0.3) is 0 Å². The molecule has 0 bridgehead atoms. The van der Waals surface area contributed by atoms with Crippen LogP contribution < -0.4 is 0 Å². The number of ketones is 1. The van der Waals surface area contributed by atoms with E-state index in [1.54, 1.807) is 6.20 Å². The van der Waals surface area contributed by atoms with Crippen LogP contribution in [-0.2, 0) is 13.0 Å². The van der Waals surface area contributed by atoms with Gasteiger partial charge in [-0.15, -0.1) is 0 Å². The van der Waals surface area contributed by atoms with Crippen LogP contribution in [0, 0.1) is 0 Å². The molecule has 5 heteroatoms. The van der Waals surface area contributed by atoms with Crippen molar-refractivity contribution in [2.24, 2.45) is 0 Å². The Bertz CT molecular complexity index is 578. The second-order valence-corrected chi connectivity index (χ2v) is 5.62. The summed E-state index contributed by atoms with van der Waals surface area (Å²) in [5.41, 5.74) is 0.676. The highest BCUT2D eigenvalue weighted by atomic mass is 79.9. The van der Waals surface area contributed by atoms with Crippen molar-refractivity contribution < 1.29 is 4.79 Å². The predicted octanol–water partition coefficient (Wildman–Crippen LogP) is 3.85. The normalized spacial score (nSPS) is 10.6. The minimum atomic E-state index is 0.0593. The first-order valence-electron chi connectivity index (χ1n) is 5.60. The summed E-state index contributed by atoms with van der Waals surface area (Å²) in [5.74, 6) is 0.860. The van der Waals surface area contributed by atoms with Crippen LogP contribution in [0.3, 0.4) is 0 Å². The van der Waals surface area contributed by atoms with Gasteiger partial charge in [-0.1, -0.05) is 31.9 Å². The summed E-state index contributed by atoms with van der Waals surface area (Å²) < 4.78 is 3.68. The number of hydrogen-bond acceptors (Lipinski definition) is 2.